The van der Waals surface area contributed by atoms with Crippen molar-refractivity contribution in [2.24, 2.45) is 5.16 Å². The van der Waals surface area contributed by atoms with E-state index >= 15 is 0 Å². The van der Waals surface area contributed by atoms with Crippen LogP contribution in [0.2, 0.25) is 4.34 Å². The summed E-state index contributed by atoms with van der Waals surface area (Å²) in [5.41, 5.74) is 5.96. The Labute approximate surface area is 241 Å². The number of oxime groups is 1. The van der Waals surface area contributed by atoms with Crippen molar-refractivity contribution < 1.29 is 38.8 Å². The van der Waals surface area contributed by atoms with Crippen molar-refractivity contribution in [3.8, 4) is 0 Å². The van der Waals surface area contributed by atoms with E-state index in [0.29, 0.717) is 16.6 Å². The third-order valence-electron chi connectivity index (χ3n) is 6.12. The summed E-state index contributed by atoms with van der Waals surface area (Å²) in [5, 5.41) is 24.4. The van der Waals surface area contributed by atoms with Gasteiger partial charge in [-0.15, -0.1) is 11.8 Å². The van der Waals surface area contributed by atoms with E-state index in [-0.39, 0.29) is 38.8 Å². The van der Waals surface area contributed by atoms with Crippen molar-refractivity contribution in [1.29, 1.82) is 0 Å². The van der Waals surface area contributed by atoms with Crippen LogP contribution in [0.15, 0.2) is 39.7 Å². The number of carbonyl (C=O) groups is 4. The van der Waals surface area contributed by atoms with Crippen molar-refractivity contribution in [2.75, 3.05) is 11.5 Å². The van der Waals surface area contributed by atoms with Gasteiger partial charge in [-0.1, -0.05) is 28.1 Å². The fourth-order valence-electron chi connectivity index (χ4n) is 4.19. The Hall–Kier alpha value is -4.42. The average Bonchev–Trinajstić information content (AvgIpc) is 3.45. The zero-order valence-corrected chi connectivity index (χ0v) is 23.2. The van der Waals surface area contributed by atoms with Crippen LogP contribution in [0.5, 0.6) is 0 Å². The number of aromatic nitrogens is 4. The van der Waals surface area contributed by atoms with Crippen molar-refractivity contribution in [2.45, 2.75) is 31.0 Å². The van der Waals surface area contributed by atoms with Crippen LogP contribution in [0.4, 0.5) is 5.13 Å². The highest BCUT2D eigenvalue weighted by molar-refractivity contribution is 8.00. The SMILES string of the molecule is C[C@H](ON=C(C(=O)N[C@@H]1C(=O)N2C(C(=O)O)=C(C[n+]3ccc4[nH]c(=O)[nH]c4c3)CSC12)c1nc(N)sc1Cl)C(=O)O. The number of imidazole rings is 1. The summed E-state index contributed by atoms with van der Waals surface area (Å²) in [7, 11) is 0. The van der Waals surface area contributed by atoms with Gasteiger partial charge in [0.1, 0.15) is 32.7 Å². The molecule has 0 aromatic carbocycles. The number of fused-ring (bicyclic) bond motifs is 2. The summed E-state index contributed by atoms with van der Waals surface area (Å²) >= 11 is 8.22. The van der Waals surface area contributed by atoms with Crippen LogP contribution in [0, 0.1) is 0 Å². The lowest BCUT2D eigenvalue weighted by Gasteiger charge is -2.49. The Morgan fingerprint density at radius 2 is 2.07 bits per heavy atom. The minimum absolute atomic E-state index is 0.00849. The van der Waals surface area contributed by atoms with Crippen LogP contribution in [0.3, 0.4) is 0 Å². The minimum atomic E-state index is -1.42. The monoisotopic (exact) mass is 623 g/mol. The lowest BCUT2D eigenvalue weighted by atomic mass is 10.0. The van der Waals surface area contributed by atoms with Crippen LogP contribution < -0.4 is 21.3 Å². The third kappa shape index (κ3) is 5.35. The lowest BCUT2D eigenvalue weighted by molar-refractivity contribution is -0.687. The molecule has 0 spiro atoms. The molecule has 1 saturated heterocycles. The van der Waals surface area contributed by atoms with Gasteiger partial charge in [0.15, 0.2) is 29.8 Å². The van der Waals surface area contributed by atoms with Gasteiger partial charge in [-0.25, -0.2) is 19.4 Å². The number of hydrogen-bond acceptors (Lipinski definition) is 11. The number of anilines is 1. The molecular weight excluding hydrogens is 604 g/mol. The Balaban J connectivity index is 1.37. The third-order valence-corrected chi connectivity index (χ3v) is 8.54. The van der Waals surface area contributed by atoms with E-state index in [9.17, 15) is 29.1 Å². The molecule has 3 atom stereocenters. The molecule has 2 aliphatic heterocycles. The van der Waals surface area contributed by atoms with Crippen molar-refractivity contribution >= 4 is 80.3 Å². The Morgan fingerprint density at radius 3 is 2.73 bits per heavy atom. The number of carbonyl (C=O) groups excluding carboxylic acids is 2. The number of carboxylic acids is 2. The largest absolute Gasteiger partial charge is 0.478 e. The molecule has 214 valence electrons. The van der Waals surface area contributed by atoms with Crippen LogP contribution in [-0.2, 0) is 30.6 Å². The van der Waals surface area contributed by atoms with Gasteiger partial charge in [0.25, 0.3) is 11.8 Å². The molecule has 41 heavy (non-hydrogen) atoms. The van der Waals surface area contributed by atoms with Crippen LogP contribution >= 0.6 is 34.7 Å². The minimum Gasteiger partial charge on any atom is -0.478 e. The van der Waals surface area contributed by atoms with Crippen LogP contribution in [0.1, 0.15) is 12.6 Å². The number of H-pyrrole nitrogens is 2. The Kier molecular flexibility index (Phi) is 7.45. The van der Waals surface area contributed by atoms with E-state index in [2.05, 4.69) is 25.4 Å². The van der Waals surface area contributed by atoms with E-state index < -0.39 is 47.0 Å². The molecule has 0 bridgehead atoms. The maximum atomic E-state index is 13.2. The number of thiazole rings is 1. The van der Waals surface area contributed by atoms with Crippen LogP contribution in [-0.4, -0.2) is 82.8 Å². The smallest absolute Gasteiger partial charge is 0.352 e. The molecule has 1 unspecified atom stereocenters. The molecule has 16 nitrogen and oxygen atoms in total. The number of β-lactam (4-membered cyclic amide) rings is 1. The fraction of sp³-hybridized carbons (Fsp3) is 0.273. The number of amides is 2. The van der Waals surface area contributed by atoms with Gasteiger partial charge in [-0.05, 0) is 6.92 Å². The topological polar surface area (TPSA) is 237 Å². The Bertz CT molecular complexity index is 1730. The maximum Gasteiger partial charge on any atom is 0.352 e. The molecule has 0 saturated carbocycles. The molecule has 19 heteroatoms. The first-order valence-corrected chi connectivity index (χ1v) is 13.9. The molecule has 2 amide bonds. The molecule has 1 fully saturated rings. The molecule has 0 radical (unpaired) electrons. The highest BCUT2D eigenvalue weighted by Crippen LogP contribution is 2.40. The standard InChI is InChI=1S/C22H19ClN8O8S2/c1-7(19(34)35)39-29-12(11-15(23)41-21(24)28-11)16(32)27-13-17(33)31-14(20(36)37)8(6-40-18(13)31)4-30-3-2-9-10(5-30)26-22(38)25-9/h2-3,5,7,13,18H,4,6H2,1H3,(H6,24,26,27,28,32,34,35,36,37,38)/p+1/t7-,13+,18?/m0/s1. The number of nitrogens with two attached hydrogens (primary N) is 1. The van der Waals surface area contributed by atoms with Crippen molar-refractivity contribution in [1.82, 2.24) is 25.2 Å². The van der Waals surface area contributed by atoms with Gasteiger partial charge in [0, 0.05) is 17.4 Å². The summed E-state index contributed by atoms with van der Waals surface area (Å²) in [6.07, 6.45) is 1.89. The maximum absolute atomic E-state index is 13.2. The molecule has 2 aliphatic rings. The number of halogens is 1. The summed E-state index contributed by atoms with van der Waals surface area (Å²) in [5.74, 6) is -4.06. The van der Waals surface area contributed by atoms with E-state index in [1.54, 1.807) is 23.0 Å². The first-order chi connectivity index (χ1) is 19.4. The van der Waals surface area contributed by atoms with Gasteiger partial charge in [-0.2, -0.15) is 4.57 Å². The van der Waals surface area contributed by atoms with E-state index in [1.807, 2.05) is 0 Å². The highest BCUT2D eigenvalue weighted by Gasteiger charge is 2.55. The predicted molar refractivity (Wildman–Crippen MR) is 145 cm³/mol. The van der Waals surface area contributed by atoms with Gasteiger partial charge >= 0.3 is 17.6 Å². The van der Waals surface area contributed by atoms with Crippen molar-refractivity contribution in [3.05, 3.63) is 50.2 Å². The zero-order chi connectivity index (χ0) is 29.6. The van der Waals surface area contributed by atoms with Gasteiger partial charge < -0.3 is 36.1 Å². The van der Waals surface area contributed by atoms with E-state index in [1.165, 1.54) is 18.7 Å². The van der Waals surface area contributed by atoms with Crippen LogP contribution in [0.25, 0.3) is 11.0 Å². The lowest BCUT2D eigenvalue weighted by Crippen LogP contribution is -2.71. The summed E-state index contributed by atoms with van der Waals surface area (Å²) in [6.45, 7) is 1.32. The fourth-order valence-corrected chi connectivity index (χ4v) is 6.45. The number of rotatable bonds is 9. The summed E-state index contributed by atoms with van der Waals surface area (Å²) in [4.78, 5) is 76.5. The van der Waals surface area contributed by atoms with Gasteiger partial charge in [-0.3, -0.25) is 14.5 Å². The summed E-state index contributed by atoms with van der Waals surface area (Å²) in [6, 6.07) is 0.532. The second kappa shape index (κ2) is 10.9. The molecule has 5 rings (SSSR count). The quantitative estimate of drug-likeness (QED) is 0.0766. The molecule has 7 N–H and O–H groups in total. The number of nitrogens with one attached hydrogen (secondary N) is 3. The highest BCUT2D eigenvalue weighted by atomic mass is 35.5. The molecular formula is C22H20ClN8O8S2+. The normalized spacial score (nSPS) is 19.5. The summed E-state index contributed by atoms with van der Waals surface area (Å²) < 4.78 is 1.66. The molecule has 0 aliphatic carbocycles. The van der Waals surface area contributed by atoms with E-state index in [0.717, 1.165) is 16.2 Å². The second-order valence-electron chi connectivity index (χ2n) is 8.84. The predicted octanol–water partition coefficient (Wildman–Crippen LogP) is -0.532. The Morgan fingerprint density at radius 1 is 1.34 bits per heavy atom. The number of nitrogen functional groups attached to an aromatic ring is 1. The molecule has 5 heterocycles. The number of aliphatic carboxylic acids is 2. The molecule has 3 aromatic heterocycles. The number of carboxylic acid groups (broad SMARTS) is 2. The first kappa shape index (κ1) is 28.1. The van der Waals surface area contributed by atoms with Gasteiger partial charge in [0.2, 0.25) is 6.10 Å². The average molecular weight is 624 g/mol. The molecule has 3 aromatic rings. The first-order valence-electron chi connectivity index (χ1n) is 11.6. The number of aromatic amines is 2. The van der Waals surface area contributed by atoms with Gasteiger partial charge in [0.05, 0.1) is 5.52 Å². The zero-order valence-electron chi connectivity index (χ0n) is 20.8. The van der Waals surface area contributed by atoms with Crippen molar-refractivity contribution in [3.63, 3.8) is 0 Å². The number of nitrogens with zero attached hydrogens (tertiary/aromatic N) is 4. The second-order valence-corrected chi connectivity index (χ2v) is 11.6. The number of pyridine rings is 1. The number of hydrogen-bond donors (Lipinski definition) is 6. The number of thioether (sulfide) groups is 1. The van der Waals surface area contributed by atoms with E-state index in [4.69, 9.17) is 27.3 Å².